The van der Waals surface area contributed by atoms with Gasteiger partial charge < -0.3 is 15.2 Å². The van der Waals surface area contributed by atoms with Gasteiger partial charge in [-0.2, -0.15) is 5.10 Å². The Labute approximate surface area is 219 Å². The van der Waals surface area contributed by atoms with Crippen LogP contribution in [0.5, 0.6) is 0 Å². The van der Waals surface area contributed by atoms with E-state index in [0.717, 1.165) is 10.6 Å². The number of rotatable bonds is 9. The molecule has 1 unspecified atom stereocenters. The van der Waals surface area contributed by atoms with Crippen molar-refractivity contribution < 1.29 is 24.2 Å². The second-order valence-corrected chi connectivity index (χ2v) is 10.9. The summed E-state index contributed by atoms with van der Waals surface area (Å²) in [4.78, 5) is 40.2. The molecule has 1 aromatic carbocycles. The van der Waals surface area contributed by atoms with Crippen molar-refractivity contribution in [2.75, 3.05) is 23.6 Å². The average Bonchev–Trinajstić information content (AvgIpc) is 3.57. The molecule has 0 saturated carbocycles. The van der Waals surface area contributed by atoms with Gasteiger partial charge in [-0.1, -0.05) is 28.8 Å². The van der Waals surface area contributed by atoms with Gasteiger partial charge in [-0.15, -0.1) is 23.1 Å². The third kappa shape index (κ3) is 4.35. The second-order valence-electron chi connectivity index (χ2n) is 7.91. The number of para-hydroxylation sites is 1. The summed E-state index contributed by atoms with van der Waals surface area (Å²) in [6.07, 6.45) is 1.73. The van der Waals surface area contributed by atoms with Gasteiger partial charge in [0.25, 0.3) is 11.6 Å². The van der Waals surface area contributed by atoms with E-state index in [0.29, 0.717) is 17.1 Å². The van der Waals surface area contributed by atoms with E-state index in [1.165, 1.54) is 47.1 Å². The number of nitrogens with one attached hydrogen (secondary N) is 2. The van der Waals surface area contributed by atoms with E-state index >= 15 is 0 Å². The second kappa shape index (κ2) is 10.1. The number of ether oxygens (including phenoxy) is 1. The third-order valence-corrected chi connectivity index (χ3v) is 8.99. The number of carbonyl (C=O) groups is 3. The van der Waals surface area contributed by atoms with Gasteiger partial charge in [0.05, 0.1) is 12.1 Å². The summed E-state index contributed by atoms with van der Waals surface area (Å²) >= 11 is 4.11. The summed E-state index contributed by atoms with van der Waals surface area (Å²) in [5.74, 6) is -1.51. The SMILES string of the molecule is COC1(NC(=O)Cc2cccs2)C(=O)N2C(C(=O)O)=C(CSN3NN=CN3c3ccccc3)CS[C@H]21. The highest BCUT2D eigenvalue weighted by Gasteiger charge is 2.66. The first kappa shape index (κ1) is 24.6. The Hall–Kier alpha value is -3.04. The lowest BCUT2D eigenvalue weighted by Crippen LogP contribution is -2.80. The minimum absolute atomic E-state index is 0.0807. The number of benzene rings is 1. The zero-order valence-corrected chi connectivity index (χ0v) is 21.4. The van der Waals surface area contributed by atoms with Crippen molar-refractivity contribution in [1.82, 2.24) is 20.3 Å². The van der Waals surface area contributed by atoms with Crippen LogP contribution in [0.15, 0.2) is 64.2 Å². The van der Waals surface area contributed by atoms with Crippen LogP contribution >= 0.6 is 35.0 Å². The summed E-state index contributed by atoms with van der Waals surface area (Å²) < 4.78 is 7.19. The van der Waals surface area contributed by atoms with Crippen molar-refractivity contribution in [2.24, 2.45) is 5.10 Å². The van der Waals surface area contributed by atoms with Crippen molar-refractivity contribution >= 4 is 64.9 Å². The number of nitrogens with zero attached hydrogens (tertiary/aromatic N) is 4. The summed E-state index contributed by atoms with van der Waals surface area (Å²) in [6, 6.07) is 13.3. The maximum Gasteiger partial charge on any atom is 0.352 e. The maximum absolute atomic E-state index is 13.3. The van der Waals surface area contributed by atoms with Gasteiger partial charge >= 0.3 is 5.97 Å². The molecule has 0 bridgehead atoms. The quantitative estimate of drug-likeness (QED) is 0.244. The van der Waals surface area contributed by atoms with E-state index < -0.39 is 23.0 Å². The smallest absolute Gasteiger partial charge is 0.352 e. The number of anilines is 1. The number of thiophene rings is 1. The Bertz CT molecular complexity index is 1220. The zero-order chi connectivity index (χ0) is 25.3. The highest BCUT2D eigenvalue weighted by molar-refractivity contribution is 8.00. The molecule has 3 aliphatic rings. The van der Waals surface area contributed by atoms with Gasteiger partial charge in [-0.3, -0.25) is 14.5 Å². The summed E-state index contributed by atoms with van der Waals surface area (Å²) in [5.41, 5.74) is 2.64. The number of fused-ring (bicyclic) bond motifs is 1. The van der Waals surface area contributed by atoms with Crippen molar-refractivity contribution in [3.8, 4) is 0 Å². The first-order valence-corrected chi connectivity index (χ1v) is 13.7. The first-order valence-electron chi connectivity index (χ1n) is 10.8. The lowest BCUT2D eigenvalue weighted by atomic mass is 9.98. The lowest BCUT2D eigenvalue weighted by molar-refractivity contribution is -0.192. The Balaban J connectivity index is 1.30. The van der Waals surface area contributed by atoms with E-state index in [2.05, 4.69) is 16.0 Å². The third-order valence-electron chi connectivity index (χ3n) is 5.76. The fourth-order valence-corrected chi connectivity index (χ4v) is 7.24. The topological polar surface area (TPSA) is 127 Å². The van der Waals surface area contributed by atoms with Gasteiger partial charge in [-0.25, -0.2) is 15.3 Å². The lowest BCUT2D eigenvalue weighted by Gasteiger charge is -2.55. The van der Waals surface area contributed by atoms with Crippen LogP contribution in [-0.2, 0) is 25.5 Å². The summed E-state index contributed by atoms with van der Waals surface area (Å²) in [7, 11) is 1.34. The average molecular weight is 547 g/mol. The van der Waals surface area contributed by atoms with Gasteiger partial charge in [0.2, 0.25) is 5.91 Å². The number of thioether (sulfide) groups is 1. The number of hydrazone groups is 1. The van der Waals surface area contributed by atoms with Gasteiger partial charge in [0.15, 0.2) is 0 Å². The molecule has 2 atom stereocenters. The standard InChI is InChI=1S/C22H22N6O5S3/c1-33-22(24-17(29)10-16-8-5-9-34-16)20(32)27-18(19(30)31)14(11-35-21(22)27)12-36-28-25-23-13-26(28)15-6-3-2-4-7-15/h2-9,13,21,25H,10-12H2,1H3,(H,24,29)(H,30,31)/t21-,22?/m0/s1. The number of hydrogen-bond donors (Lipinski definition) is 3. The number of hydrazine groups is 2. The molecule has 0 aliphatic carbocycles. The molecule has 1 aromatic heterocycles. The molecule has 3 aliphatic heterocycles. The molecule has 2 amide bonds. The van der Waals surface area contributed by atoms with Crippen LogP contribution in [0.25, 0.3) is 0 Å². The predicted molar refractivity (Wildman–Crippen MR) is 139 cm³/mol. The van der Waals surface area contributed by atoms with E-state index in [9.17, 15) is 19.5 Å². The number of methoxy groups -OCH3 is 1. The number of amides is 2. The Morgan fingerprint density at radius 2 is 2.11 bits per heavy atom. The maximum atomic E-state index is 13.3. The number of aliphatic carboxylic acids is 1. The highest BCUT2D eigenvalue weighted by atomic mass is 32.2. The van der Waals surface area contributed by atoms with Crippen LogP contribution in [0.2, 0.25) is 0 Å². The fraction of sp³-hybridized carbons (Fsp3) is 0.273. The highest BCUT2D eigenvalue weighted by Crippen LogP contribution is 2.47. The van der Waals surface area contributed by atoms with Crippen LogP contribution in [-0.4, -0.2) is 68.4 Å². The molecule has 36 heavy (non-hydrogen) atoms. The summed E-state index contributed by atoms with van der Waals surface area (Å²) in [5, 5.41) is 19.8. The Morgan fingerprint density at radius 1 is 1.31 bits per heavy atom. The van der Waals surface area contributed by atoms with Crippen molar-refractivity contribution in [3.05, 3.63) is 64.0 Å². The minimum Gasteiger partial charge on any atom is -0.477 e. The molecule has 11 nitrogen and oxygen atoms in total. The van der Waals surface area contributed by atoms with Crippen molar-refractivity contribution in [3.63, 3.8) is 0 Å². The van der Waals surface area contributed by atoms with Gasteiger partial charge in [0.1, 0.15) is 17.4 Å². The van der Waals surface area contributed by atoms with Crippen LogP contribution in [0, 0.1) is 0 Å². The van der Waals surface area contributed by atoms with E-state index in [1.807, 2.05) is 47.8 Å². The van der Waals surface area contributed by atoms with Crippen LogP contribution in [0.3, 0.4) is 0 Å². The molecule has 2 aromatic rings. The Morgan fingerprint density at radius 3 is 2.81 bits per heavy atom. The molecule has 188 valence electrons. The number of carbonyl (C=O) groups excluding carboxylic acids is 2. The molecule has 3 N–H and O–H groups in total. The number of carboxylic acids is 1. The fourth-order valence-electron chi connectivity index (χ4n) is 4.08. The Kier molecular flexibility index (Phi) is 6.94. The van der Waals surface area contributed by atoms with Crippen LogP contribution in [0.1, 0.15) is 4.88 Å². The molecule has 14 heteroatoms. The first-order chi connectivity index (χ1) is 17.4. The molecule has 0 radical (unpaired) electrons. The van der Waals surface area contributed by atoms with E-state index in [4.69, 9.17) is 4.74 Å². The van der Waals surface area contributed by atoms with Gasteiger partial charge in [0, 0.05) is 23.5 Å². The summed E-state index contributed by atoms with van der Waals surface area (Å²) in [6.45, 7) is 0. The number of β-lactam (4-membered cyclic amide) rings is 1. The molecule has 1 fully saturated rings. The normalized spacial score (nSPS) is 23.4. The number of carboxylic acid groups (broad SMARTS) is 1. The predicted octanol–water partition coefficient (Wildman–Crippen LogP) is 1.84. The molecule has 4 heterocycles. The van der Waals surface area contributed by atoms with Crippen LogP contribution in [0.4, 0.5) is 5.69 Å². The number of hydrogen-bond acceptors (Lipinski definition) is 11. The van der Waals surface area contributed by atoms with E-state index in [1.54, 1.807) is 15.9 Å². The molecule has 0 spiro atoms. The van der Waals surface area contributed by atoms with E-state index in [-0.39, 0.29) is 18.0 Å². The molecular formula is C22H22N6O5S3. The molecule has 1 saturated heterocycles. The monoisotopic (exact) mass is 546 g/mol. The van der Waals surface area contributed by atoms with Crippen LogP contribution < -0.4 is 15.9 Å². The van der Waals surface area contributed by atoms with Crippen molar-refractivity contribution in [1.29, 1.82) is 0 Å². The largest absolute Gasteiger partial charge is 0.477 e. The zero-order valence-electron chi connectivity index (χ0n) is 19.0. The molecular weight excluding hydrogens is 524 g/mol. The van der Waals surface area contributed by atoms with Crippen molar-refractivity contribution in [2.45, 2.75) is 17.5 Å². The molecule has 5 rings (SSSR count). The van der Waals surface area contributed by atoms with Gasteiger partial charge in [-0.05, 0) is 41.1 Å². The minimum atomic E-state index is -1.60.